The van der Waals surface area contributed by atoms with Gasteiger partial charge in [-0.3, -0.25) is 28.8 Å². The monoisotopic (exact) mass is 1260 g/mol. The van der Waals surface area contributed by atoms with Crippen molar-refractivity contribution in [3.8, 4) is 11.5 Å². The summed E-state index contributed by atoms with van der Waals surface area (Å²) in [6, 6.07) is 24.6. The molecule has 4 aliphatic heterocycles. The third-order valence-electron chi connectivity index (χ3n) is 17.0. The van der Waals surface area contributed by atoms with Gasteiger partial charge in [0.15, 0.2) is 34.7 Å². The van der Waals surface area contributed by atoms with Crippen molar-refractivity contribution in [1.29, 1.82) is 0 Å². The Balaban J connectivity index is 0.000000140. The average Bonchev–Trinajstić information content (AvgIpc) is 1.56. The maximum Gasteiger partial charge on any atom is 0.406 e. The number of esters is 6. The quantitative estimate of drug-likeness (QED) is 0.0511. The fourth-order valence-corrected chi connectivity index (χ4v) is 12.1. The molecule has 0 saturated heterocycles. The highest BCUT2D eigenvalue weighted by Crippen LogP contribution is 2.58. The van der Waals surface area contributed by atoms with Gasteiger partial charge in [0.1, 0.15) is 27.7 Å². The summed E-state index contributed by atoms with van der Waals surface area (Å²) in [6.45, 7) is 1.81. The van der Waals surface area contributed by atoms with Gasteiger partial charge in [0.05, 0.1) is 52.6 Å². The molecule has 7 aromatic carbocycles. The van der Waals surface area contributed by atoms with Gasteiger partial charge in [0.25, 0.3) is 0 Å². The topological polar surface area (TPSA) is 242 Å². The summed E-state index contributed by atoms with van der Waals surface area (Å²) in [7, 11) is 0. The molecule has 25 heteroatoms. The molecule has 0 N–H and O–H groups in total. The standard InChI is InChI=1S/C25H13F3O5.C20H9F3O6.C20H11F3O5.CH4/c26-25(27,28)24(13-4-2-1-3-5-13,14-6-8-16-18(10-14)21(30)12-20(16)29)15-7-9-17-19(11-15)23(32)33-22(17)31;1-19(20(21,22)23)11-2-7-8(14(25)6-13(7)24)4-15(11)28-16-5-10-9(3-12(16)19)17(26)29-18(10)27;1-19(20(21,22)23,9-2-4-11-13(6-9)16(25)8-15(11)24)10-3-5-12-14(7-10)18(27)28-17(12)26;/h1-11H,12H2;2-5H,6H2,1H3;2-7H,8H2,1H3;1H4. The minimum Gasteiger partial charge on any atom is -0.457 e. The number of alkyl halides is 9. The molecule has 7 aliphatic rings. The molecule has 91 heavy (non-hydrogen) atoms. The second-order valence-electron chi connectivity index (χ2n) is 21.9. The summed E-state index contributed by atoms with van der Waals surface area (Å²) in [6.07, 6.45) is -15.8. The number of fused-ring (bicyclic) bond motifs is 8. The third-order valence-corrected chi connectivity index (χ3v) is 17.0. The van der Waals surface area contributed by atoms with Crippen molar-refractivity contribution in [2.45, 2.75) is 75.3 Å². The summed E-state index contributed by atoms with van der Waals surface area (Å²) in [4.78, 5) is 143. The predicted octanol–water partition coefficient (Wildman–Crippen LogP) is 12.7. The number of hydrogen-bond donors (Lipinski definition) is 0. The number of ketones is 6. The molecule has 460 valence electrons. The number of halogens is 9. The molecule has 3 atom stereocenters. The van der Waals surface area contributed by atoms with Gasteiger partial charge in [-0.05, 0) is 102 Å². The maximum absolute atomic E-state index is 15.1. The molecule has 16 nitrogen and oxygen atoms in total. The van der Waals surface area contributed by atoms with Crippen LogP contribution in [0.3, 0.4) is 0 Å². The molecule has 0 bridgehead atoms. The lowest BCUT2D eigenvalue weighted by Crippen LogP contribution is -2.44. The van der Waals surface area contributed by atoms with Crippen molar-refractivity contribution in [2.24, 2.45) is 0 Å². The van der Waals surface area contributed by atoms with Crippen molar-refractivity contribution in [1.82, 2.24) is 0 Å². The molecular formula is C66H37F9O16. The molecule has 4 heterocycles. The first-order chi connectivity index (χ1) is 42.2. The zero-order valence-electron chi connectivity index (χ0n) is 45.7. The summed E-state index contributed by atoms with van der Waals surface area (Å²) in [5.41, 5.74) is -11.4. The number of carbonyl (C=O) groups excluding carboxylic acids is 12. The van der Waals surface area contributed by atoms with Crippen molar-refractivity contribution < 1.29 is 116 Å². The van der Waals surface area contributed by atoms with E-state index < -0.39 is 118 Å². The Kier molecular flexibility index (Phi) is 14.2. The summed E-state index contributed by atoms with van der Waals surface area (Å²) in [5, 5.41) is 0. The first-order valence-corrected chi connectivity index (χ1v) is 26.6. The predicted molar refractivity (Wildman–Crippen MR) is 292 cm³/mol. The number of cyclic esters (lactones) is 6. The highest BCUT2D eigenvalue weighted by Gasteiger charge is 2.61. The van der Waals surface area contributed by atoms with E-state index in [0.717, 1.165) is 92.7 Å². The van der Waals surface area contributed by atoms with Crippen LogP contribution in [0.5, 0.6) is 11.5 Å². The van der Waals surface area contributed by atoms with E-state index in [1.807, 2.05) is 0 Å². The largest absolute Gasteiger partial charge is 0.457 e. The lowest BCUT2D eigenvalue weighted by molar-refractivity contribution is -0.175. The van der Waals surface area contributed by atoms with Gasteiger partial charge in [-0.25, -0.2) is 28.8 Å². The van der Waals surface area contributed by atoms with E-state index in [1.165, 1.54) is 42.5 Å². The van der Waals surface area contributed by atoms with E-state index in [-0.39, 0.29) is 131 Å². The summed E-state index contributed by atoms with van der Waals surface area (Å²) in [5.74, 6) is -9.46. The number of Topliss-reactive ketones (excluding diaryl/α,β-unsaturated/α-hetero) is 6. The number of hydrogen-bond acceptors (Lipinski definition) is 16. The van der Waals surface area contributed by atoms with Crippen LogP contribution in [-0.2, 0) is 30.5 Å². The van der Waals surface area contributed by atoms with Crippen LogP contribution in [0.15, 0.2) is 127 Å². The van der Waals surface area contributed by atoms with Crippen LogP contribution < -0.4 is 4.74 Å². The lowest BCUT2D eigenvalue weighted by atomic mass is 9.68. The Morgan fingerprint density at radius 3 is 1.05 bits per heavy atom. The van der Waals surface area contributed by atoms with Crippen LogP contribution in [0, 0.1) is 0 Å². The lowest BCUT2D eigenvalue weighted by Gasteiger charge is -2.39. The van der Waals surface area contributed by atoms with E-state index in [9.17, 15) is 83.9 Å². The Labute approximate surface area is 504 Å². The first-order valence-electron chi connectivity index (χ1n) is 26.6. The molecule has 3 aliphatic carbocycles. The Morgan fingerprint density at radius 2 is 0.637 bits per heavy atom. The molecule has 0 aromatic heterocycles. The Bertz CT molecular complexity index is 4350. The van der Waals surface area contributed by atoms with E-state index in [4.69, 9.17) is 4.74 Å². The van der Waals surface area contributed by atoms with Crippen molar-refractivity contribution in [2.75, 3.05) is 0 Å². The van der Waals surface area contributed by atoms with Crippen LogP contribution in [0.2, 0.25) is 0 Å². The zero-order valence-corrected chi connectivity index (χ0v) is 45.7. The van der Waals surface area contributed by atoms with Crippen molar-refractivity contribution in [3.63, 3.8) is 0 Å². The molecule has 0 radical (unpaired) electrons. The van der Waals surface area contributed by atoms with Crippen LogP contribution in [0.1, 0.15) is 204 Å². The molecular weight excluding hydrogens is 1220 g/mol. The molecule has 7 aromatic rings. The number of rotatable bonds is 5. The van der Waals surface area contributed by atoms with Gasteiger partial charge < -0.3 is 18.9 Å². The minimum absolute atomic E-state index is 0. The van der Waals surface area contributed by atoms with Gasteiger partial charge in [-0.2, -0.15) is 39.5 Å². The summed E-state index contributed by atoms with van der Waals surface area (Å²) >= 11 is 0. The maximum atomic E-state index is 15.1. The fraction of sp³-hybridized carbons (Fsp3) is 0.182. The van der Waals surface area contributed by atoms with Gasteiger partial charge >= 0.3 is 54.3 Å². The molecule has 3 unspecified atom stereocenters. The van der Waals surface area contributed by atoms with Crippen LogP contribution in [0.4, 0.5) is 39.5 Å². The summed E-state index contributed by atoms with van der Waals surface area (Å²) < 4.78 is 150. The zero-order chi connectivity index (χ0) is 64.9. The second-order valence-corrected chi connectivity index (χ2v) is 21.9. The van der Waals surface area contributed by atoms with Gasteiger partial charge in [-0.15, -0.1) is 0 Å². The molecule has 0 spiro atoms. The van der Waals surface area contributed by atoms with E-state index >= 15 is 13.2 Å². The second kappa shape index (κ2) is 20.9. The third kappa shape index (κ3) is 9.21. The minimum atomic E-state index is -4.94. The fourth-order valence-electron chi connectivity index (χ4n) is 12.1. The molecule has 14 rings (SSSR count). The van der Waals surface area contributed by atoms with Crippen LogP contribution in [0.25, 0.3) is 0 Å². The Morgan fingerprint density at radius 1 is 0.330 bits per heavy atom. The van der Waals surface area contributed by atoms with Gasteiger partial charge in [-0.1, -0.05) is 74.2 Å². The SMILES string of the molecule is C.CC(c1ccc2c(c1)C(=O)CC2=O)(c1ccc2c(c1)C(=O)OC2=O)C(F)(F)F.CC1(C(F)(F)F)c2cc3c(cc2Oc2cc4c(cc21)C(=O)OC4=O)C(=O)CC3=O.O=C1CC(=O)c2cc(C(c3ccccc3)(c3ccc4c(c3)C(=O)OC4=O)C(F)(F)F)ccc21. The van der Waals surface area contributed by atoms with E-state index in [0.29, 0.717) is 0 Å². The smallest absolute Gasteiger partial charge is 0.406 e. The molecule has 0 saturated carbocycles. The number of carbonyl (C=O) groups is 12. The number of ether oxygens (including phenoxy) is 4. The highest BCUT2D eigenvalue weighted by atomic mass is 19.4. The molecule has 0 fully saturated rings. The van der Waals surface area contributed by atoms with Crippen molar-refractivity contribution in [3.05, 3.63) is 233 Å². The van der Waals surface area contributed by atoms with E-state index in [2.05, 4.69) is 14.2 Å². The first kappa shape index (κ1) is 61.8. The molecule has 0 amide bonds. The average molecular weight is 1260 g/mol. The van der Waals surface area contributed by atoms with E-state index in [1.54, 1.807) is 6.07 Å². The number of benzene rings is 7. The van der Waals surface area contributed by atoms with Gasteiger partial charge in [0, 0.05) is 44.5 Å². The Hall–Kier alpha value is -10.9. The van der Waals surface area contributed by atoms with Crippen LogP contribution >= 0.6 is 0 Å². The highest BCUT2D eigenvalue weighted by molar-refractivity contribution is 6.26. The van der Waals surface area contributed by atoms with Crippen LogP contribution in [-0.4, -0.2) is 89.0 Å². The normalized spacial score (nSPS) is 18.7. The van der Waals surface area contributed by atoms with Crippen molar-refractivity contribution >= 4 is 70.5 Å². The van der Waals surface area contributed by atoms with Gasteiger partial charge in [0.2, 0.25) is 0 Å².